The SMILES string of the molecule is CCC(=O)O.c1ccc2c(c1)nc1sccn12. The summed E-state index contributed by atoms with van der Waals surface area (Å²) in [4.78, 5) is 14.9. The van der Waals surface area contributed by atoms with Crippen LogP contribution in [0.4, 0.5) is 0 Å². The van der Waals surface area contributed by atoms with Gasteiger partial charge < -0.3 is 5.11 Å². The molecular formula is C12H12N2O2S. The fourth-order valence-corrected chi connectivity index (χ4v) is 2.13. The summed E-state index contributed by atoms with van der Waals surface area (Å²) in [7, 11) is 0. The molecule has 1 N–H and O–H groups in total. The molecule has 0 atom stereocenters. The van der Waals surface area contributed by atoms with Crippen molar-refractivity contribution in [1.82, 2.24) is 9.38 Å². The summed E-state index contributed by atoms with van der Waals surface area (Å²) in [6.07, 6.45) is 2.27. The predicted octanol–water partition coefficient (Wildman–Crippen LogP) is 3.03. The lowest BCUT2D eigenvalue weighted by atomic mass is 10.3. The second kappa shape index (κ2) is 4.97. The maximum atomic E-state index is 9.37. The molecule has 0 aliphatic rings. The largest absolute Gasteiger partial charge is 0.481 e. The Balaban J connectivity index is 0.000000188. The minimum Gasteiger partial charge on any atom is -0.481 e. The number of thiazole rings is 1. The molecule has 5 heteroatoms. The molecule has 3 aromatic rings. The van der Waals surface area contributed by atoms with Gasteiger partial charge in [0.1, 0.15) is 0 Å². The molecule has 0 spiro atoms. The summed E-state index contributed by atoms with van der Waals surface area (Å²) >= 11 is 1.66. The third kappa shape index (κ3) is 2.45. The van der Waals surface area contributed by atoms with Gasteiger partial charge in [0.15, 0.2) is 4.96 Å². The molecule has 0 saturated heterocycles. The molecule has 0 unspecified atom stereocenters. The van der Waals surface area contributed by atoms with Gasteiger partial charge in [-0.25, -0.2) is 4.98 Å². The summed E-state index contributed by atoms with van der Waals surface area (Å²) in [5.74, 6) is -0.745. The fourth-order valence-electron chi connectivity index (χ4n) is 1.40. The molecule has 88 valence electrons. The van der Waals surface area contributed by atoms with Crippen molar-refractivity contribution in [1.29, 1.82) is 0 Å². The van der Waals surface area contributed by atoms with E-state index in [1.54, 1.807) is 18.3 Å². The molecule has 3 rings (SSSR count). The van der Waals surface area contributed by atoms with E-state index in [4.69, 9.17) is 5.11 Å². The Labute approximate surface area is 102 Å². The van der Waals surface area contributed by atoms with Crippen LogP contribution in [0.25, 0.3) is 16.0 Å². The van der Waals surface area contributed by atoms with Gasteiger partial charge in [-0.15, -0.1) is 11.3 Å². The van der Waals surface area contributed by atoms with Gasteiger partial charge in [-0.1, -0.05) is 19.1 Å². The number of fused-ring (bicyclic) bond motifs is 3. The Hall–Kier alpha value is -1.88. The Morgan fingerprint density at radius 2 is 2.18 bits per heavy atom. The topological polar surface area (TPSA) is 54.6 Å². The van der Waals surface area contributed by atoms with Crippen molar-refractivity contribution >= 4 is 33.3 Å². The zero-order valence-corrected chi connectivity index (χ0v) is 10.1. The smallest absolute Gasteiger partial charge is 0.303 e. The van der Waals surface area contributed by atoms with E-state index in [1.165, 1.54) is 5.52 Å². The zero-order valence-electron chi connectivity index (χ0n) is 9.33. The second-order valence-electron chi connectivity index (χ2n) is 3.40. The third-order valence-electron chi connectivity index (χ3n) is 2.25. The Morgan fingerprint density at radius 1 is 1.47 bits per heavy atom. The molecule has 0 amide bonds. The van der Waals surface area contributed by atoms with Crippen LogP contribution in [0.1, 0.15) is 13.3 Å². The van der Waals surface area contributed by atoms with Gasteiger partial charge in [-0.05, 0) is 12.1 Å². The molecule has 2 aromatic heterocycles. The van der Waals surface area contributed by atoms with E-state index in [1.807, 2.05) is 18.2 Å². The third-order valence-corrected chi connectivity index (χ3v) is 3.01. The molecule has 1 aromatic carbocycles. The second-order valence-corrected chi connectivity index (χ2v) is 4.28. The van der Waals surface area contributed by atoms with Crippen molar-refractivity contribution < 1.29 is 9.90 Å². The van der Waals surface area contributed by atoms with Crippen LogP contribution in [0.15, 0.2) is 35.8 Å². The van der Waals surface area contributed by atoms with Crippen molar-refractivity contribution in [2.75, 3.05) is 0 Å². The lowest BCUT2D eigenvalue weighted by Gasteiger charge is -1.86. The van der Waals surface area contributed by atoms with E-state index in [0.717, 1.165) is 10.5 Å². The molecule has 17 heavy (non-hydrogen) atoms. The van der Waals surface area contributed by atoms with Crippen LogP contribution in [0, 0.1) is 0 Å². The molecule has 2 heterocycles. The molecule has 0 saturated carbocycles. The molecule has 0 aliphatic carbocycles. The number of nitrogens with zero attached hydrogens (tertiary/aromatic N) is 2. The highest BCUT2D eigenvalue weighted by molar-refractivity contribution is 7.15. The normalized spacial score (nSPS) is 10.2. The Morgan fingerprint density at radius 3 is 2.88 bits per heavy atom. The number of rotatable bonds is 1. The van der Waals surface area contributed by atoms with Gasteiger partial charge in [-0.3, -0.25) is 9.20 Å². The number of para-hydroxylation sites is 2. The van der Waals surface area contributed by atoms with E-state index in [0.29, 0.717) is 0 Å². The first kappa shape index (κ1) is 11.6. The van der Waals surface area contributed by atoms with Crippen LogP contribution in [0.5, 0.6) is 0 Å². The first-order chi connectivity index (χ1) is 8.22. The quantitative estimate of drug-likeness (QED) is 0.720. The van der Waals surface area contributed by atoms with E-state index in [-0.39, 0.29) is 6.42 Å². The van der Waals surface area contributed by atoms with Crippen molar-refractivity contribution in [2.24, 2.45) is 0 Å². The first-order valence-corrected chi connectivity index (χ1v) is 6.12. The average molecular weight is 248 g/mol. The van der Waals surface area contributed by atoms with Gasteiger partial charge in [0, 0.05) is 18.0 Å². The summed E-state index contributed by atoms with van der Waals surface area (Å²) in [6, 6.07) is 8.17. The number of hydrogen-bond donors (Lipinski definition) is 1. The van der Waals surface area contributed by atoms with Crippen LogP contribution in [-0.4, -0.2) is 20.5 Å². The van der Waals surface area contributed by atoms with Crippen LogP contribution in [-0.2, 0) is 4.79 Å². The van der Waals surface area contributed by atoms with Gasteiger partial charge >= 0.3 is 5.97 Å². The van der Waals surface area contributed by atoms with Gasteiger partial charge in [0.2, 0.25) is 0 Å². The predicted molar refractivity (Wildman–Crippen MR) is 68.5 cm³/mol. The molecule has 0 fully saturated rings. The van der Waals surface area contributed by atoms with E-state index < -0.39 is 5.97 Å². The van der Waals surface area contributed by atoms with Crippen molar-refractivity contribution in [3.63, 3.8) is 0 Å². The highest BCUT2D eigenvalue weighted by Crippen LogP contribution is 2.19. The number of imidazole rings is 1. The van der Waals surface area contributed by atoms with Gasteiger partial charge in [0.25, 0.3) is 0 Å². The van der Waals surface area contributed by atoms with E-state index in [2.05, 4.69) is 27.0 Å². The van der Waals surface area contributed by atoms with Gasteiger partial charge in [0.05, 0.1) is 11.0 Å². The number of aliphatic carboxylic acids is 1. The summed E-state index contributed by atoms with van der Waals surface area (Å²) in [5, 5.41) is 9.77. The van der Waals surface area contributed by atoms with Crippen LogP contribution < -0.4 is 0 Å². The molecule has 4 nitrogen and oxygen atoms in total. The standard InChI is InChI=1S/C9H6N2S.C3H6O2/c1-2-4-8-7(3-1)10-9-11(8)5-6-12-9;1-2-3(4)5/h1-6H;2H2,1H3,(H,4,5). The lowest BCUT2D eigenvalue weighted by Crippen LogP contribution is -1.86. The van der Waals surface area contributed by atoms with Crippen molar-refractivity contribution in [3.8, 4) is 0 Å². The van der Waals surface area contributed by atoms with Crippen LogP contribution in [0.3, 0.4) is 0 Å². The minimum atomic E-state index is -0.745. The number of hydrogen-bond acceptors (Lipinski definition) is 3. The Kier molecular flexibility index (Phi) is 3.39. The first-order valence-electron chi connectivity index (χ1n) is 5.24. The summed E-state index contributed by atoms with van der Waals surface area (Å²) < 4.78 is 2.11. The maximum absolute atomic E-state index is 9.37. The maximum Gasteiger partial charge on any atom is 0.303 e. The summed E-state index contributed by atoms with van der Waals surface area (Å²) in [6.45, 7) is 1.60. The number of carboxylic acids is 1. The highest BCUT2D eigenvalue weighted by Gasteiger charge is 2.02. The monoisotopic (exact) mass is 248 g/mol. The van der Waals surface area contributed by atoms with Crippen LogP contribution in [0.2, 0.25) is 0 Å². The zero-order chi connectivity index (χ0) is 12.3. The lowest BCUT2D eigenvalue weighted by molar-refractivity contribution is -0.136. The number of benzene rings is 1. The summed E-state index contributed by atoms with van der Waals surface area (Å²) in [5.41, 5.74) is 2.26. The van der Waals surface area contributed by atoms with Gasteiger partial charge in [-0.2, -0.15) is 0 Å². The van der Waals surface area contributed by atoms with E-state index >= 15 is 0 Å². The van der Waals surface area contributed by atoms with Crippen molar-refractivity contribution in [2.45, 2.75) is 13.3 Å². The van der Waals surface area contributed by atoms with Crippen LogP contribution >= 0.6 is 11.3 Å². The number of aromatic nitrogens is 2. The Bertz CT molecular complexity index is 641. The number of carboxylic acid groups (broad SMARTS) is 1. The fraction of sp³-hybridized carbons (Fsp3) is 0.167. The molecule has 0 bridgehead atoms. The minimum absolute atomic E-state index is 0.222. The molecule has 0 aliphatic heterocycles. The molecule has 0 radical (unpaired) electrons. The number of carbonyl (C=O) groups is 1. The molecular weight excluding hydrogens is 236 g/mol. The average Bonchev–Trinajstić information content (AvgIpc) is 2.89. The van der Waals surface area contributed by atoms with E-state index in [9.17, 15) is 4.79 Å². The highest BCUT2D eigenvalue weighted by atomic mass is 32.1. The van der Waals surface area contributed by atoms with Crippen molar-refractivity contribution in [3.05, 3.63) is 35.8 Å².